The maximum absolute atomic E-state index is 13.6. The van der Waals surface area contributed by atoms with Crippen molar-refractivity contribution in [1.82, 2.24) is 0 Å². The number of carbonyl (C=O) groups is 1. The Bertz CT molecular complexity index is 702. The molecule has 6 nitrogen and oxygen atoms in total. The van der Waals surface area contributed by atoms with Gasteiger partial charge in [0.25, 0.3) is 5.69 Å². The lowest BCUT2D eigenvalue weighted by Gasteiger charge is -2.10. The number of benzene rings is 2. The molecule has 0 spiro atoms. The summed E-state index contributed by atoms with van der Waals surface area (Å²) in [7, 11) is 0. The van der Waals surface area contributed by atoms with Gasteiger partial charge in [-0.3, -0.25) is 10.1 Å². The molecule has 0 aromatic heterocycles. The third-order valence-electron chi connectivity index (χ3n) is 2.66. The van der Waals surface area contributed by atoms with Crippen molar-refractivity contribution < 1.29 is 23.6 Å². The van der Waals surface area contributed by atoms with Crippen molar-refractivity contribution in [3.63, 3.8) is 0 Å². The van der Waals surface area contributed by atoms with Gasteiger partial charge in [0, 0.05) is 12.1 Å². The first-order chi connectivity index (χ1) is 9.90. The monoisotopic (exact) mass is 294 g/mol. The summed E-state index contributed by atoms with van der Waals surface area (Å²) in [6, 6.07) is 5.85. The fourth-order valence-electron chi connectivity index (χ4n) is 1.73. The van der Waals surface area contributed by atoms with Gasteiger partial charge in [0.05, 0.1) is 16.2 Å². The minimum atomic E-state index is -1.43. The molecule has 108 valence electrons. The van der Waals surface area contributed by atoms with E-state index in [0.717, 1.165) is 30.3 Å². The fourth-order valence-corrected chi connectivity index (χ4v) is 1.73. The van der Waals surface area contributed by atoms with Gasteiger partial charge in [-0.25, -0.2) is 13.6 Å². The first-order valence-corrected chi connectivity index (χ1v) is 5.63. The molecule has 0 bridgehead atoms. The van der Waals surface area contributed by atoms with Crippen LogP contribution in [-0.2, 0) is 0 Å². The first-order valence-electron chi connectivity index (χ1n) is 5.63. The molecular formula is C13H8F2N2O4. The minimum absolute atomic E-state index is 0.396. The van der Waals surface area contributed by atoms with Crippen LogP contribution >= 0.6 is 0 Å². The number of rotatable bonds is 4. The van der Waals surface area contributed by atoms with Crippen molar-refractivity contribution in [2.24, 2.45) is 0 Å². The van der Waals surface area contributed by atoms with Crippen molar-refractivity contribution in [2.45, 2.75) is 0 Å². The van der Waals surface area contributed by atoms with Gasteiger partial charge in [-0.1, -0.05) is 6.07 Å². The van der Waals surface area contributed by atoms with Gasteiger partial charge in [-0.05, 0) is 18.2 Å². The molecule has 0 aliphatic heterocycles. The Morgan fingerprint density at radius 3 is 2.57 bits per heavy atom. The highest BCUT2D eigenvalue weighted by atomic mass is 19.1. The van der Waals surface area contributed by atoms with Crippen molar-refractivity contribution in [2.75, 3.05) is 5.32 Å². The summed E-state index contributed by atoms with van der Waals surface area (Å²) in [4.78, 5) is 21.2. The molecule has 2 aromatic carbocycles. The van der Waals surface area contributed by atoms with E-state index in [9.17, 15) is 23.7 Å². The van der Waals surface area contributed by atoms with Gasteiger partial charge >= 0.3 is 5.97 Å². The number of carboxylic acids is 1. The lowest BCUT2D eigenvalue weighted by Crippen LogP contribution is -2.06. The molecule has 0 unspecified atom stereocenters. The molecule has 2 rings (SSSR count). The van der Waals surface area contributed by atoms with Crippen LogP contribution in [0.15, 0.2) is 36.4 Å². The molecule has 2 N–H and O–H groups in total. The number of nitrogens with zero attached hydrogens (tertiary/aromatic N) is 1. The Morgan fingerprint density at radius 1 is 1.24 bits per heavy atom. The predicted octanol–water partition coefficient (Wildman–Crippen LogP) is 3.31. The topological polar surface area (TPSA) is 92.5 Å². The highest BCUT2D eigenvalue weighted by Gasteiger charge is 2.22. The van der Waals surface area contributed by atoms with Crippen molar-refractivity contribution >= 4 is 23.0 Å². The Labute approximate surface area is 116 Å². The standard InChI is InChI=1S/C13H8F2N2O4/c14-7-4-5-9(15)10(6-7)16-12-8(13(18)19)2-1-3-11(12)17(20)21/h1-6,16H,(H,18,19). The van der Waals surface area contributed by atoms with Gasteiger partial charge in [-0.15, -0.1) is 0 Å². The average Bonchev–Trinajstić information content (AvgIpc) is 2.42. The SMILES string of the molecule is O=C(O)c1cccc([N+](=O)[O-])c1Nc1cc(F)ccc1F. The maximum Gasteiger partial charge on any atom is 0.338 e. The summed E-state index contributed by atoms with van der Waals surface area (Å²) in [5, 5.41) is 22.3. The van der Waals surface area contributed by atoms with Crippen LogP contribution in [0.25, 0.3) is 0 Å². The molecule has 0 aliphatic rings. The van der Waals surface area contributed by atoms with Crippen LogP contribution in [0.1, 0.15) is 10.4 Å². The number of carboxylic acid groups (broad SMARTS) is 1. The Kier molecular flexibility index (Phi) is 3.79. The molecular weight excluding hydrogens is 286 g/mol. The van der Waals surface area contributed by atoms with Crippen molar-refractivity contribution in [3.8, 4) is 0 Å². The molecule has 2 aromatic rings. The molecule has 0 fully saturated rings. The molecule has 0 saturated carbocycles. The summed E-state index contributed by atoms with van der Waals surface area (Å²) >= 11 is 0. The number of nitrogens with one attached hydrogen (secondary N) is 1. The van der Waals surface area contributed by atoms with E-state index < -0.39 is 45.2 Å². The van der Waals surface area contributed by atoms with Crippen LogP contribution in [0.2, 0.25) is 0 Å². The normalized spacial score (nSPS) is 10.2. The van der Waals surface area contributed by atoms with Crippen molar-refractivity contribution in [3.05, 3.63) is 63.7 Å². The lowest BCUT2D eigenvalue weighted by molar-refractivity contribution is -0.383. The number of anilines is 2. The quantitative estimate of drug-likeness (QED) is 0.666. The number of halogens is 2. The second-order valence-corrected chi connectivity index (χ2v) is 4.01. The second kappa shape index (κ2) is 5.53. The zero-order chi connectivity index (χ0) is 15.6. The van der Waals surface area contributed by atoms with E-state index in [1.165, 1.54) is 6.07 Å². The Morgan fingerprint density at radius 2 is 1.95 bits per heavy atom. The van der Waals surface area contributed by atoms with Crippen LogP contribution < -0.4 is 5.32 Å². The van der Waals surface area contributed by atoms with E-state index in [-0.39, 0.29) is 0 Å². The van der Waals surface area contributed by atoms with E-state index in [0.29, 0.717) is 0 Å². The van der Waals surface area contributed by atoms with Crippen LogP contribution in [-0.4, -0.2) is 16.0 Å². The van der Waals surface area contributed by atoms with Gasteiger partial charge in [0.15, 0.2) is 0 Å². The Hall–Kier alpha value is -3.03. The molecule has 0 saturated heterocycles. The highest BCUT2D eigenvalue weighted by molar-refractivity contribution is 5.98. The molecule has 0 amide bonds. The number of nitro benzene ring substituents is 1. The fraction of sp³-hybridized carbons (Fsp3) is 0. The largest absolute Gasteiger partial charge is 0.478 e. The molecule has 0 aliphatic carbocycles. The molecule has 0 heterocycles. The van der Waals surface area contributed by atoms with E-state index in [2.05, 4.69) is 5.32 Å². The van der Waals surface area contributed by atoms with Crippen LogP contribution in [0.5, 0.6) is 0 Å². The minimum Gasteiger partial charge on any atom is -0.478 e. The summed E-state index contributed by atoms with van der Waals surface area (Å²) in [6.45, 7) is 0. The zero-order valence-electron chi connectivity index (χ0n) is 10.3. The number of hydrogen-bond acceptors (Lipinski definition) is 4. The molecule has 0 atom stereocenters. The van der Waals surface area contributed by atoms with Gasteiger partial charge < -0.3 is 10.4 Å². The predicted molar refractivity (Wildman–Crippen MR) is 69.7 cm³/mol. The number of aromatic carboxylic acids is 1. The van der Waals surface area contributed by atoms with E-state index in [1.807, 2.05) is 0 Å². The number of hydrogen-bond donors (Lipinski definition) is 2. The summed E-state index contributed by atoms with van der Waals surface area (Å²) in [5.74, 6) is -3.07. The average molecular weight is 294 g/mol. The smallest absolute Gasteiger partial charge is 0.338 e. The third kappa shape index (κ3) is 2.94. The van der Waals surface area contributed by atoms with E-state index in [4.69, 9.17) is 5.11 Å². The highest BCUT2D eigenvalue weighted by Crippen LogP contribution is 2.32. The van der Waals surface area contributed by atoms with Crippen molar-refractivity contribution in [1.29, 1.82) is 0 Å². The summed E-state index contributed by atoms with van der Waals surface area (Å²) < 4.78 is 26.7. The zero-order valence-corrected chi connectivity index (χ0v) is 10.3. The van der Waals surface area contributed by atoms with Gasteiger partial charge in [-0.2, -0.15) is 0 Å². The van der Waals surface area contributed by atoms with E-state index >= 15 is 0 Å². The summed E-state index contributed by atoms with van der Waals surface area (Å²) in [5.41, 5.74) is -1.79. The van der Waals surface area contributed by atoms with Crippen LogP contribution in [0, 0.1) is 21.7 Å². The summed E-state index contributed by atoms with van der Waals surface area (Å²) in [6.07, 6.45) is 0. The van der Waals surface area contributed by atoms with Crippen LogP contribution in [0.4, 0.5) is 25.8 Å². The third-order valence-corrected chi connectivity index (χ3v) is 2.66. The number of para-hydroxylation sites is 1. The van der Waals surface area contributed by atoms with Gasteiger partial charge in [0.2, 0.25) is 0 Å². The van der Waals surface area contributed by atoms with Gasteiger partial charge in [0.1, 0.15) is 17.3 Å². The molecule has 8 heteroatoms. The number of nitro groups is 1. The lowest BCUT2D eigenvalue weighted by atomic mass is 10.1. The first kappa shape index (κ1) is 14.4. The maximum atomic E-state index is 13.6. The van der Waals surface area contributed by atoms with Crippen LogP contribution in [0.3, 0.4) is 0 Å². The second-order valence-electron chi connectivity index (χ2n) is 4.01. The molecule has 21 heavy (non-hydrogen) atoms. The Balaban J connectivity index is 2.59. The molecule has 0 radical (unpaired) electrons. The van der Waals surface area contributed by atoms with E-state index in [1.54, 1.807) is 0 Å².